The molecule has 0 radical (unpaired) electrons. The molecule has 1 atom stereocenters. The van der Waals surface area contributed by atoms with Gasteiger partial charge in [-0.05, 0) is 57.5 Å². The van der Waals surface area contributed by atoms with E-state index in [1.807, 2.05) is 0 Å². The summed E-state index contributed by atoms with van der Waals surface area (Å²) in [6, 6.07) is 11.2. The third-order valence-corrected chi connectivity index (χ3v) is 5.42. The summed E-state index contributed by atoms with van der Waals surface area (Å²) in [4.78, 5) is 53.7. The molecule has 12 heteroatoms. The van der Waals surface area contributed by atoms with Crippen LogP contribution < -0.4 is 10.1 Å². The summed E-state index contributed by atoms with van der Waals surface area (Å²) in [7, 11) is 0. The second-order valence-corrected chi connectivity index (χ2v) is 9.59. The van der Waals surface area contributed by atoms with Crippen molar-refractivity contribution in [1.82, 2.24) is 20.2 Å². The highest BCUT2D eigenvalue weighted by Gasteiger charge is 2.39. The molecule has 1 unspecified atom stereocenters. The van der Waals surface area contributed by atoms with Crippen LogP contribution >= 0.6 is 0 Å². The predicted molar refractivity (Wildman–Crippen MR) is 134 cm³/mol. The first-order valence-corrected chi connectivity index (χ1v) is 12.0. The van der Waals surface area contributed by atoms with Crippen molar-refractivity contribution in [2.24, 2.45) is 0 Å². The minimum absolute atomic E-state index is 0.144. The van der Waals surface area contributed by atoms with E-state index in [9.17, 15) is 24.3 Å². The van der Waals surface area contributed by atoms with Crippen molar-refractivity contribution in [2.75, 3.05) is 13.2 Å². The number of carbonyl (C=O) groups excluding carboxylic acids is 3. The van der Waals surface area contributed by atoms with Crippen molar-refractivity contribution >= 4 is 34.8 Å². The van der Waals surface area contributed by atoms with Crippen molar-refractivity contribution in [1.29, 1.82) is 0 Å². The molecular formula is C26H28N4O8. The monoisotopic (exact) mass is 524 g/mol. The molecule has 2 N–H and O–H groups in total. The van der Waals surface area contributed by atoms with Gasteiger partial charge >= 0.3 is 12.1 Å². The normalized spacial score (nSPS) is 13.9. The van der Waals surface area contributed by atoms with Crippen molar-refractivity contribution in [3.8, 4) is 5.75 Å². The number of amides is 3. The second kappa shape index (κ2) is 10.9. The van der Waals surface area contributed by atoms with E-state index in [0.29, 0.717) is 35.8 Å². The van der Waals surface area contributed by atoms with E-state index >= 15 is 0 Å². The number of aliphatic carboxylic acids is 1. The number of aromatic nitrogens is 2. The number of benzene rings is 2. The number of nitrogens with zero attached hydrogens (tertiary/aromatic N) is 3. The first-order chi connectivity index (χ1) is 18.0. The van der Waals surface area contributed by atoms with Gasteiger partial charge in [-0.25, -0.2) is 14.4 Å². The number of carbonyl (C=O) groups is 4. The maximum atomic E-state index is 12.5. The minimum atomic E-state index is -1.60. The lowest BCUT2D eigenvalue weighted by atomic mass is 10.1. The summed E-state index contributed by atoms with van der Waals surface area (Å²) in [6.45, 7) is 5.91. The number of nitrogens with one attached hydrogen (secondary N) is 1. The Bertz CT molecular complexity index is 1340. The van der Waals surface area contributed by atoms with Crippen LogP contribution in [0, 0.1) is 0 Å². The van der Waals surface area contributed by atoms with Gasteiger partial charge in [-0.2, -0.15) is 5.10 Å². The fourth-order valence-corrected chi connectivity index (χ4v) is 3.71. The fraction of sp³-hybridized carbons (Fsp3) is 0.346. The highest BCUT2D eigenvalue weighted by atomic mass is 16.7. The Balaban J connectivity index is 1.32. The average Bonchev–Trinajstić information content (AvgIpc) is 3.36. The molecule has 1 aliphatic heterocycles. The molecule has 0 saturated carbocycles. The van der Waals surface area contributed by atoms with E-state index in [0.717, 1.165) is 5.39 Å². The van der Waals surface area contributed by atoms with Crippen LogP contribution in [-0.2, 0) is 20.9 Å². The lowest BCUT2D eigenvalue weighted by Crippen LogP contribution is -2.41. The van der Waals surface area contributed by atoms with Gasteiger partial charge in [-0.1, -0.05) is 12.1 Å². The highest BCUT2D eigenvalue weighted by molar-refractivity contribution is 6.20. The third kappa shape index (κ3) is 6.27. The maximum absolute atomic E-state index is 12.5. The number of hydrogen-bond donors (Lipinski definition) is 2. The molecule has 0 spiro atoms. The highest BCUT2D eigenvalue weighted by Crippen LogP contribution is 2.24. The SMILES string of the molecule is CC(C)(C)OC(=O)NCCCn1cc2cc(OCC(ON3C(=O)c4ccccc4C3=O)C(=O)O)ccc2n1. The number of rotatable bonds is 10. The standard InChI is InChI=1S/C26H28N4O8/c1-26(2,3)37-25(35)27-11-6-12-29-14-16-13-17(9-10-20(16)28-29)36-15-21(24(33)34)38-30-22(31)18-7-4-5-8-19(18)23(30)32/h4-5,7-10,13-14,21H,6,11-12,15H2,1-3H3,(H,27,35)(H,33,34). The number of fused-ring (bicyclic) bond motifs is 2. The van der Waals surface area contributed by atoms with Crippen LogP contribution in [0.5, 0.6) is 5.75 Å². The van der Waals surface area contributed by atoms with E-state index in [2.05, 4.69) is 10.4 Å². The van der Waals surface area contributed by atoms with Crippen LogP contribution in [0.15, 0.2) is 48.7 Å². The Labute approximate surface area is 218 Å². The van der Waals surface area contributed by atoms with E-state index in [4.69, 9.17) is 14.3 Å². The minimum Gasteiger partial charge on any atom is -0.490 e. The molecule has 1 aromatic heterocycles. The van der Waals surface area contributed by atoms with Crippen LogP contribution in [0.3, 0.4) is 0 Å². The van der Waals surface area contributed by atoms with Gasteiger partial charge in [0.15, 0.2) is 0 Å². The van der Waals surface area contributed by atoms with E-state index < -0.39 is 42.2 Å². The maximum Gasteiger partial charge on any atom is 0.407 e. The zero-order valence-corrected chi connectivity index (χ0v) is 21.2. The molecule has 0 aliphatic carbocycles. The largest absolute Gasteiger partial charge is 0.490 e. The number of aryl methyl sites for hydroxylation is 1. The third-order valence-electron chi connectivity index (χ3n) is 5.42. The molecule has 1 aliphatic rings. The van der Waals surface area contributed by atoms with Crippen LogP contribution in [-0.4, -0.2) is 68.7 Å². The smallest absolute Gasteiger partial charge is 0.407 e. The number of imide groups is 1. The molecule has 2 heterocycles. The van der Waals surface area contributed by atoms with E-state index in [1.165, 1.54) is 12.1 Å². The zero-order valence-electron chi connectivity index (χ0n) is 21.2. The van der Waals surface area contributed by atoms with E-state index in [1.54, 1.807) is 62.0 Å². The van der Waals surface area contributed by atoms with Crippen LogP contribution in [0.4, 0.5) is 4.79 Å². The van der Waals surface area contributed by atoms with Crippen molar-refractivity contribution in [3.05, 3.63) is 59.8 Å². The average molecular weight is 525 g/mol. The number of carboxylic acids is 1. The quantitative estimate of drug-likeness (QED) is 0.301. The van der Waals surface area contributed by atoms with Gasteiger partial charge in [0.1, 0.15) is 18.0 Å². The van der Waals surface area contributed by atoms with Gasteiger partial charge < -0.3 is 19.9 Å². The first kappa shape index (κ1) is 26.6. The second-order valence-electron chi connectivity index (χ2n) is 9.59. The number of hydrogen-bond acceptors (Lipinski definition) is 8. The molecule has 0 bridgehead atoms. The summed E-state index contributed by atoms with van der Waals surface area (Å²) >= 11 is 0. The van der Waals surface area contributed by atoms with Gasteiger partial charge in [0.2, 0.25) is 6.10 Å². The number of carboxylic acid groups (broad SMARTS) is 1. The molecule has 3 aromatic rings. The molecule has 38 heavy (non-hydrogen) atoms. The molecule has 2 aromatic carbocycles. The molecular weight excluding hydrogens is 496 g/mol. The zero-order chi connectivity index (χ0) is 27.4. The van der Waals surface area contributed by atoms with E-state index in [-0.39, 0.29) is 11.1 Å². The van der Waals surface area contributed by atoms with Crippen molar-refractivity contribution < 1.29 is 38.6 Å². The summed E-state index contributed by atoms with van der Waals surface area (Å²) in [6.07, 6.45) is 0.357. The van der Waals surface area contributed by atoms with Gasteiger partial charge in [-0.15, -0.1) is 5.06 Å². The van der Waals surface area contributed by atoms with Gasteiger partial charge in [-0.3, -0.25) is 14.3 Å². The van der Waals surface area contributed by atoms with Gasteiger partial charge in [0.25, 0.3) is 11.8 Å². The van der Waals surface area contributed by atoms with Gasteiger partial charge in [0.05, 0.1) is 16.6 Å². The molecule has 3 amide bonds. The molecule has 200 valence electrons. The summed E-state index contributed by atoms with van der Waals surface area (Å²) in [5, 5.41) is 18.0. The van der Waals surface area contributed by atoms with Crippen LogP contribution in [0.2, 0.25) is 0 Å². The lowest BCUT2D eigenvalue weighted by Gasteiger charge is -2.19. The first-order valence-electron chi connectivity index (χ1n) is 12.0. The Morgan fingerprint density at radius 3 is 2.39 bits per heavy atom. The molecule has 12 nitrogen and oxygen atoms in total. The Hall–Kier alpha value is -4.45. The number of ether oxygens (including phenoxy) is 2. The van der Waals surface area contributed by atoms with Gasteiger partial charge in [0, 0.05) is 24.7 Å². The molecule has 0 saturated heterocycles. The summed E-state index contributed by atoms with van der Waals surface area (Å²) in [5.41, 5.74) is 0.431. The Kier molecular flexibility index (Phi) is 7.62. The lowest BCUT2D eigenvalue weighted by molar-refractivity contribution is -0.178. The topological polar surface area (TPSA) is 149 Å². The van der Waals surface area contributed by atoms with Crippen LogP contribution in [0.25, 0.3) is 10.9 Å². The predicted octanol–water partition coefficient (Wildman–Crippen LogP) is 3.01. The van der Waals surface area contributed by atoms with Crippen molar-refractivity contribution in [3.63, 3.8) is 0 Å². The van der Waals surface area contributed by atoms with Crippen LogP contribution in [0.1, 0.15) is 47.9 Å². The molecule has 0 fully saturated rings. The Morgan fingerprint density at radius 2 is 1.76 bits per heavy atom. The summed E-state index contributed by atoms with van der Waals surface area (Å²) in [5.74, 6) is -2.49. The molecule has 4 rings (SSSR count). The summed E-state index contributed by atoms with van der Waals surface area (Å²) < 4.78 is 12.5. The number of hydroxylamine groups is 2. The fourth-order valence-electron chi connectivity index (χ4n) is 3.71. The number of alkyl carbamates (subject to hydrolysis) is 1. The van der Waals surface area contributed by atoms with Crippen molar-refractivity contribution in [2.45, 2.75) is 45.4 Å². The Morgan fingerprint density at radius 1 is 1.08 bits per heavy atom.